The summed E-state index contributed by atoms with van der Waals surface area (Å²) in [5, 5.41) is 0. The van der Waals surface area contributed by atoms with E-state index in [9.17, 15) is 0 Å². The first-order chi connectivity index (χ1) is 7.24. The van der Waals surface area contributed by atoms with Gasteiger partial charge in [-0.25, -0.2) is 9.97 Å². The Bertz CT molecular complexity index is 519. The van der Waals surface area contributed by atoms with Crippen molar-refractivity contribution in [2.24, 2.45) is 0 Å². The maximum absolute atomic E-state index is 4.53. The number of hydrogen-bond acceptors (Lipinski definition) is 3. The SMILES string of the molecule is CN1CCc2nc3ncc(Br)cn3c2C1. The van der Waals surface area contributed by atoms with Gasteiger partial charge < -0.3 is 4.90 Å². The standard InChI is InChI=1S/C10H11BrN4/c1-14-3-2-8-9(6-14)15-5-7(11)4-12-10(15)13-8/h4-5H,2-3,6H2,1H3. The van der Waals surface area contributed by atoms with Crippen molar-refractivity contribution >= 4 is 21.7 Å². The summed E-state index contributed by atoms with van der Waals surface area (Å²) >= 11 is 3.44. The number of likely N-dealkylation sites (N-methyl/N-ethyl adjacent to an activating group) is 1. The molecule has 0 atom stereocenters. The molecule has 2 aromatic heterocycles. The zero-order chi connectivity index (χ0) is 10.4. The molecule has 0 aliphatic carbocycles. The van der Waals surface area contributed by atoms with Crippen molar-refractivity contribution in [3.8, 4) is 0 Å². The monoisotopic (exact) mass is 266 g/mol. The highest BCUT2D eigenvalue weighted by Crippen LogP contribution is 2.20. The van der Waals surface area contributed by atoms with E-state index < -0.39 is 0 Å². The molecule has 2 aromatic rings. The first-order valence-corrected chi connectivity index (χ1v) is 5.73. The Morgan fingerprint density at radius 2 is 2.33 bits per heavy atom. The van der Waals surface area contributed by atoms with Crippen molar-refractivity contribution < 1.29 is 0 Å². The van der Waals surface area contributed by atoms with Gasteiger partial charge in [0.1, 0.15) is 0 Å². The number of nitrogens with zero attached hydrogens (tertiary/aromatic N) is 4. The Morgan fingerprint density at radius 1 is 1.47 bits per heavy atom. The maximum Gasteiger partial charge on any atom is 0.234 e. The fourth-order valence-corrected chi connectivity index (χ4v) is 2.31. The van der Waals surface area contributed by atoms with Gasteiger partial charge in [0.25, 0.3) is 0 Å². The predicted octanol–water partition coefficient (Wildman–Crippen LogP) is 1.48. The van der Waals surface area contributed by atoms with Gasteiger partial charge in [-0.2, -0.15) is 0 Å². The third kappa shape index (κ3) is 1.46. The van der Waals surface area contributed by atoms with E-state index in [0.29, 0.717) is 0 Å². The zero-order valence-corrected chi connectivity index (χ0v) is 10.0. The molecule has 0 unspecified atom stereocenters. The lowest BCUT2D eigenvalue weighted by atomic mass is 10.1. The summed E-state index contributed by atoms with van der Waals surface area (Å²) in [6, 6.07) is 0. The normalized spacial score (nSPS) is 16.9. The van der Waals surface area contributed by atoms with Gasteiger partial charge in [-0.3, -0.25) is 4.40 Å². The third-order valence-electron chi connectivity index (χ3n) is 2.78. The fraction of sp³-hybridized carbons (Fsp3) is 0.400. The van der Waals surface area contributed by atoms with Crippen LogP contribution in [-0.2, 0) is 13.0 Å². The first-order valence-electron chi connectivity index (χ1n) is 4.94. The molecule has 4 nitrogen and oxygen atoms in total. The number of halogens is 1. The van der Waals surface area contributed by atoms with E-state index in [2.05, 4.69) is 42.2 Å². The molecule has 0 saturated heterocycles. The molecular weight excluding hydrogens is 256 g/mol. The number of imidazole rings is 1. The molecule has 0 spiro atoms. The van der Waals surface area contributed by atoms with E-state index in [1.54, 1.807) is 6.20 Å². The minimum atomic E-state index is 0.804. The van der Waals surface area contributed by atoms with E-state index in [1.165, 1.54) is 11.4 Å². The largest absolute Gasteiger partial charge is 0.300 e. The molecule has 15 heavy (non-hydrogen) atoms. The van der Waals surface area contributed by atoms with Gasteiger partial charge in [-0.1, -0.05) is 0 Å². The number of aromatic nitrogens is 3. The lowest BCUT2D eigenvalue weighted by Gasteiger charge is -2.21. The third-order valence-corrected chi connectivity index (χ3v) is 3.19. The molecule has 78 valence electrons. The molecule has 0 saturated carbocycles. The van der Waals surface area contributed by atoms with Gasteiger partial charge in [0.05, 0.1) is 15.9 Å². The van der Waals surface area contributed by atoms with E-state index in [4.69, 9.17) is 0 Å². The summed E-state index contributed by atoms with van der Waals surface area (Å²) in [6.45, 7) is 2.03. The van der Waals surface area contributed by atoms with Gasteiger partial charge in [-0.05, 0) is 23.0 Å². The minimum Gasteiger partial charge on any atom is -0.300 e. The van der Waals surface area contributed by atoms with Crippen molar-refractivity contribution in [2.75, 3.05) is 13.6 Å². The van der Waals surface area contributed by atoms with Crippen LogP contribution in [0.25, 0.3) is 5.78 Å². The van der Waals surface area contributed by atoms with E-state index >= 15 is 0 Å². The molecule has 1 aliphatic heterocycles. The molecule has 0 amide bonds. The molecule has 1 aliphatic rings. The lowest BCUT2D eigenvalue weighted by Crippen LogP contribution is -2.27. The Hall–Kier alpha value is -0.940. The second-order valence-corrected chi connectivity index (χ2v) is 4.85. The molecule has 0 bridgehead atoms. The topological polar surface area (TPSA) is 33.4 Å². The summed E-state index contributed by atoms with van der Waals surface area (Å²) < 4.78 is 3.07. The van der Waals surface area contributed by atoms with Crippen LogP contribution in [0.15, 0.2) is 16.9 Å². The average molecular weight is 267 g/mol. The summed E-state index contributed by atoms with van der Waals surface area (Å²) in [7, 11) is 2.13. The van der Waals surface area contributed by atoms with Crippen LogP contribution >= 0.6 is 15.9 Å². The minimum absolute atomic E-state index is 0.804. The predicted molar refractivity (Wildman–Crippen MR) is 60.7 cm³/mol. The summed E-state index contributed by atoms with van der Waals surface area (Å²) in [5.74, 6) is 0.804. The van der Waals surface area contributed by atoms with Gasteiger partial charge in [0.2, 0.25) is 5.78 Å². The highest BCUT2D eigenvalue weighted by atomic mass is 79.9. The summed E-state index contributed by atoms with van der Waals surface area (Å²) in [4.78, 5) is 11.1. The molecule has 0 aromatic carbocycles. The second-order valence-electron chi connectivity index (χ2n) is 3.94. The number of rotatable bonds is 0. The van der Waals surface area contributed by atoms with E-state index in [-0.39, 0.29) is 0 Å². The highest BCUT2D eigenvalue weighted by Gasteiger charge is 2.19. The summed E-state index contributed by atoms with van der Waals surface area (Å²) in [6.07, 6.45) is 4.84. The molecule has 0 fully saturated rings. The Morgan fingerprint density at radius 3 is 3.20 bits per heavy atom. The molecule has 5 heteroatoms. The number of hydrogen-bond donors (Lipinski definition) is 0. The fourth-order valence-electron chi connectivity index (χ4n) is 2.00. The lowest BCUT2D eigenvalue weighted by molar-refractivity contribution is 0.306. The van der Waals surface area contributed by atoms with Gasteiger partial charge in [0.15, 0.2) is 0 Å². The van der Waals surface area contributed by atoms with Crippen molar-refractivity contribution in [1.29, 1.82) is 0 Å². The Balaban J connectivity index is 2.25. The zero-order valence-electron chi connectivity index (χ0n) is 8.44. The highest BCUT2D eigenvalue weighted by molar-refractivity contribution is 9.10. The van der Waals surface area contributed by atoms with Gasteiger partial charge in [0, 0.05) is 31.9 Å². The van der Waals surface area contributed by atoms with Crippen LogP contribution in [0.1, 0.15) is 11.4 Å². The number of fused-ring (bicyclic) bond motifs is 3. The van der Waals surface area contributed by atoms with Gasteiger partial charge in [-0.15, -0.1) is 0 Å². The smallest absolute Gasteiger partial charge is 0.234 e. The van der Waals surface area contributed by atoms with E-state index in [0.717, 1.165) is 29.8 Å². The van der Waals surface area contributed by atoms with E-state index in [1.807, 2.05) is 6.20 Å². The Labute approximate surface area is 96.1 Å². The quantitative estimate of drug-likeness (QED) is 0.725. The Kier molecular flexibility index (Phi) is 2.03. The maximum atomic E-state index is 4.53. The van der Waals surface area contributed by atoms with Crippen molar-refractivity contribution in [3.63, 3.8) is 0 Å². The van der Waals surface area contributed by atoms with Crippen LogP contribution in [0.5, 0.6) is 0 Å². The van der Waals surface area contributed by atoms with Crippen LogP contribution in [-0.4, -0.2) is 32.9 Å². The van der Waals surface area contributed by atoms with Crippen LogP contribution in [0.3, 0.4) is 0 Å². The van der Waals surface area contributed by atoms with Gasteiger partial charge >= 0.3 is 0 Å². The molecule has 3 heterocycles. The molecular formula is C10H11BrN4. The van der Waals surface area contributed by atoms with Crippen molar-refractivity contribution in [3.05, 3.63) is 28.3 Å². The van der Waals surface area contributed by atoms with Crippen LogP contribution in [0.2, 0.25) is 0 Å². The second kappa shape index (κ2) is 3.28. The van der Waals surface area contributed by atoms with Crippen LogP contribution < -0.4 is 0 Å². The van der Waals surface area contributed by atoms with Crippen molar-refractivity contribution in [2.45, 2.75) is 13.0 Å². The molecule has 0 radical (unpaired) electrons. The average Bonchev–Trinajstić information content (AvgIpc) is 2.56. The molecule has 0 N–H and O–H groups in total. The van der Waals surface area contributed by atoms with Crippen LogP contribution in [0, 0.1) is 0 Å². The van der Waals surface area contributed by atoms with Crippen molar-refractivity contribution in [1.82, 2.24) is 19.3 Å². The van der Waals surface area contributed by atoms with Crippen LogP contribution in [0.4, 0.5) is 0 Å². The molecule has 3 rings (SSSR count). The first kappa shape index (κ1) is 9.30. The summed E-state index contributed by atoms with van der Waals surface area (Å²) in [5.41, 5.74) is 2.46.